The number of hydrogen-bond donors (Lipinski definition) is 2. The maximum atomic E-state index is 12.5. The first-order valence-corrected chi connectivity index (χ1v) is 9.94. The Balaban J connectivity index is 1.88. The Morgan fingerprint density at radius 2 is 2.00 bits per heavy atom. The highest BCUT2D eigenvalue weighted by atomic mass is 32.2. The molecule has 1 aromatic carbocycles. The number of benzene rings is 1. The number of para-hydroxylation sites is 1. The molecule has 0 bridgehead atoms. The molecule has 0 aliphatic carbocycles. The maximum absolute atomic E-state index is 12.5. The molecule has 0 aliphatic heterocycles. The Labute approximate surface area is 144 Å². The summed E-state index contributed by atoms with van der Waals surface area (Å²) < 4.78 is 32.7. The number of furan rings is 1. The fourth-order valence-corrected chi connectivity index (χ4v) is 4.43. The molecule has 0 unspecified atom stereocenters. The number of nitrogens with zero attached hydrogens (tertiary/aromatic N) is 1. The Morgan fingerprint density at radius 3 is 2.67 bits per heavy atom. The zero-order valence-electron chi connectivity index (χ0n) is 13.3. The number of anilines is 1. The summed E-state index contributed by atoms with van der Waals surface area (Å²) in [6.45, 7) is 3.72. The second-order valence-electron chi connectivity index (χ2n) is 5.49. The Bertz CT molecular complexity index is 922. The topological polar surface area (TPSA) is 92.4 Å². The Hall–Kier alpha value is -1.90. The van der Waals surface area contributed by atoms with E-state index in [0.717, 1.165) is 11.3 Å². The minimum atomic E-state index is -3.87. The van der Waals surface area contributed by atoms with E-state index in [-0.39, 0.29) is 10.2 Å². The molecular weight excluding hydrogens is 348 g/mol. The van der Waals surface area contributed by atoms with Crippen LogP contribution in [0, 0.1) is 0 Å². The summed E-state index contributed by atoms with van der Waals surface area (Å²) in [4.78, 5) is 4.23. The molecule has 2 N–H and O–H groups in total. The average Bonchev–Trinajstić information content (AvgIpc) is 3.21. The third-order valence-electron chi connectivity index (χ3n) is 4.04. The summed E-state index contributed by atoms with van der Waals surface area (Å²) in [6.07, 6.45) is 1.01. The first kappa shape index (κ1) is 16.9. The first-order valence-electron chi connectivity index (χ1n) is 7.58. The monoisotopic (exact) mass is 366 g/mol. The Morgan fingerprint density at radius 1 is 1.29 bits per heavy atom. The van der Waals surface area contributed by atoms with Gasteiger partial charge >= 0.3 is 0 Å². The number of rotatable bonds is 6. The van der Waals surface area contributed by atoms with Crippen molar-refractivity contribution in [1.82, 2.24) is 4.98 Å². The van der Waals surface area contributed by atoms with Crippen LogP contribution in [0.2, 0.25) is 0 Å². The molecule has 3 rings (SSSR count). The molecule has 8 heteroatoms. The molecule has 0 aliphatic rings. The second kappa shape index (κ2) is 6.19. The van der Waals surface area contributed by atoms with Crippen LogP contribution in [0.15, 0.2) is 45.2 Å². The molecule has 6 nitrogen and oxygen atoms in total. The van der Waals surface area contributed by atoms with Crippen molar-refractivity contribution in [3.05, 3.63) is 41.4 Å². The highest BCUT2D eigenvalue weighted by Crippen LogP contribution is 2.32. The van der Waals surface area contributed by atoms with Crippen molar-refractivity contribution in [3.63, 3.8) is 0 Å². The standard InChI is InChI=1S/C16H18N2O4S2/c1-3-16(19,4-2)13-10-23-15(17-13)18-24(20,21)14-9-11-7-5-6-8-12(11)22-14/h5-10,19H,3-4H2,1-2H3,(H,17,18). The van der Waals surface area contributed by atoms with E-state index < -0.39 is 15.6 Å². The summed E-state index contributed by atoms with van der Waals surface area (Å²) in [7, 11) is -3.87. The molecule has 0 radical (unpaired) electrons. The number of hydrogen-bond acceptors (Lipinski definition) is 6. The van der Waals surface area contributed by atoms with Gasteiger partial charge in [0, 0.05) is 16.8 Å². The van der Waals surface area contributed by atoms with Crippen molar-refractivity contribution >= 4 is 37.5 Å². The minimum absolute atomic E-state index is 0.165. The lowest BCUT2D eigenvalue weighted by Crippen LogP contribution is -2.24. The average molecular weight is 366 g/mol. The third-order valence-corrected chi connectivity index (χ3v) is 6.12. The van der Waals surface area contributed by atoms with Gasteiger partial charge in [-0.15, -0.1) is 11.3 Å². The van der Waals surface area contributed by atoms with E-state index >= 15 is 0 Å². The molecular formula is C16H18N2O4S2. The number of aliphatic hydroxyl groups is 1. The molecule has 3 aromatic rings. The van der Waals surface area contributed by atoms with Gasteiger partial charge in [0.25, 0.3) is 10.0 Å². The van der Waals surface area contributed by atoms with Crippen LogP contribution >= 0.6 is 11.3 Å². The van der Waals surface area contributed by atoms with Gasteiger partial charge in [-0.2, -0.15) is 8.42 Å². The van der Waals surface area contributed by atoms with Gasteiger partial charge in [0.15, 0.2) is 5.13 Å². The number of aromatic nitrogens is 1. The molecule has 24 heavy (non-hydrogen) atoms. The largest absolute Gasteiger partial charge is 0.443 e. The van der Waals surface area contributed by atoms with E-state index in [1.54, 1.807) is 23.6 Å². The second-order valence-corrected chi connectivity index (χ2v) is 7.96. The van der Waals surface area contributed by atoms with E-state index in [0.29, 0.717) is 29.5 Å². The molecule has 128 valence electrons. The number of nitrogens with one attached hydrogen (secondary N) is 1. The van der Waals surface area contributed by atoms with Gasteiger partial charge in [0.2, 0.25) is 5.09 Å². The van der Waals surface area contributed by atoms with Crippen LogP contribution in [-0.2, 0) is 15.6 Å². The van der Waals surface area contributed by atoms with Crippen LogP contribution in [0.1, 0.15) is 32.4 Å². The van der Waals surface area contributed by atoms with E-state index in [2.05, 4.69) is 9.71 Å². The van der Waals surface area contributed by atoms with E-state index in [9.17, 15) is 13.5 Å². The van der Waals surface area contributed by atoms with Gasteiger partial charge in [-0.3, -0.25) is 4.72 Å². The zero-order valence-corrected chi connectivity index (χ0v) is 14.9. The molecule has 0 saturated carbocycles. The van der Waals surface area contributed by atoms with E-state index in [1.807, 2.05) is 19.9 Å². The van der Waals surface area contributed by atoms with Crippen LogP contribution in [0.5, 0.6) is 0 Å². The smallest absolute Gasteiger partial charge is 0.297 e. The van der Waals surface area contributed by atoms with Gasteiger partial charge in [-0.05, 0) is 18.9 Å². The molecule has 2 heterocycles. The molecule has 0 amide bonds. The minimum Gasteiger partial charge on any atom is -0.443 e. The molecule has 2 aromatic heterocycles. The lowest BCUT2D eigenvalue weighted by atomic mass is 9.94. The van der Waals surface area contributed by atoms with E-state index in [1.165, 1.54) is 6.07 Å². The van der Waals surface area contributed by atoms with Gasteiger partial charge in [-0.25, -0.2) is 4.98 Å². The fourth-order valence-electron chi connectivity index (χ4n) is 2.40. The van der Waals surface area contributed by atoms with Crippen molar-refractivity contribution in [2.75, 3.05) is 4.72 Å². The Kier molecular flexibility index (Phi) is 4.37. The first-order chi connectivity index (χ1) is 11.4. The quantitative estimate of drug-likeness (QED) is 0.694. The van der Waals surface area contributed by atoms with Crippen molar-refractivity contribution in [2.45, 2.75) is 37.4 Å². The van der Waals surface area contributed by atoms with Gasteiger partial charge in [0.1, 0.15) is 11.2 Å². The lowest BCUT2D eigenvalue weighted by molar-refractivity contribution is 0.0247. The summed E-state index contributed by atoms with van der Waals surface area (Å²) in [6, 6.07) is 8.55. The van der Waals surface area contributed by atoms with Crippen LogP contribution in [0.3, 0.4) is 0 Å². The summed E-state index contributed by atoms with van der Waals surface area (Å²) >= 11 is 1.13. The molecule has 0 spiro atoms. The van der Waals surface area contributed by atoms with Gasteiger partial charge in [0.05, 0.1) is 5.69 Å². The summed E-state index contributed by atoms with van der Waals surface area (Å²) in [5.41, 5.74) is -0.0663. The summed E-state index contributed by atoms with van der Waals surface area (Å²) in [5.74, 6) is 0. The van der Waals surface area contributed by atoms with Crippen molar-refractivity contribution < 1.29 is 17.9 Å². The van der Waals surface area contributed by atoms with Gasteiger partial charge in [-0.1, -0.05) is 32.0 Å². The lowest BCUT2D eigenvalue weighted by Gasteiger charge is -2.22. The van der Waals surface area contributed by atoms with Crippen LogP contribution in [0.25, 0.3) is 11.0 Å². The highest BCUT2D eigenvalue weighted by molar-refractivity contribution is 7.92. The molecule has 0 atom stereocenters. The number of thiazole rings is 1. The van der Waals surface area contributed by atoms with Crippen LogP contribution < -0.4 is 4.72 Å². The van der Waals surface area contributed by atoms with Crippen molar-refractivity contribution in [1.29, 1.82) is 0 Å². The van der Waals surface area contributed by atoms with Gasteiger partial charge < -0.3 is 9.52 Å². The summed E-state index contributed by atoms with van der Waals surface area (Å²) in [5, 5.41) is 12.9. The van der Waals surface area contributed by atoms with E-state index in [4.69, 9.17) is 4.42 Å². The van der Waals surface area contributed by atoms with Crippen molar-refractivity contribution in [2.24, 2.45) is 0 Å². The zero-order chi connectivity index (χ0) is 17.4. The highest BCUT2D eigenvalue weighted by Gasteiger charge is 2.29. The number of fused-ring (bicyclic) bond motifs is 1. The van der Waals surface area contributed by atoms with Crippen LogP contribution in [0.4, 0.5) is 5.13 Å². The predicted molar refractivity (Wildman–Crippen MR) is 93.6 cm³/mol. The normalized spacial score (nSPS) is 12.6. The van der Waals surface area contributed by atoms with Crippen molar-refractivity contribution in [3.8, 4) is 0 Å². The number of sulfonamides is 1. The molecule has 0 saturated heterocycles. The maximum Gasteiger partial charge on any atom is 0.297 e. The SMILES string of the molecule is CCC(O)(CC)c1csc(NS(=O)(=O)c2cc3ccccc3o2)n1. The predicted octanol–water partition coefficient (Wildman–Crippen LogP) is 3.70. The molecule has 0 fully saturated rings. The third kappa shape index (κ3) is 3.04. The fraction of sp³-hybridized carbons (Fsp3) is 0.312. The van der Waals surface area contributed by atoms with Crippen LogP contribution in [-0.4, -0.2) is 18.5 Å².